The Morgan fingerprint density at radius 1 is 1.03 bits per heavy atom. The molecule has 0 bridgehead atoms. The largest absolute Gasteiger partial charge is 0.493 e. The van der Waals surface area contributed by atoms with E-state index in [0.29, 0.717) is 24.0 Å². The van der Waals surface area contributed by atoms with Gasteiger partial charge in [0.05, 0.1) is 17.7 Å². The first-order chi connectivity index (χ1) is 18.3. The van der Waals surface area contributed by atoms with Gasteiger partial charge in [-0.25, -0.2) is 5.43 Å². The number of carbonyl (C=O) groups excluding carboxylic acids is 2. The van der Waals surface area contributed by atoms with Crippen molar-refractivity contribution in [1.82, 2.24) is 10.7 Å². The Morgan fingerprint density at radius 2 is 1.71 bits per heavy atom. The van der Waals surface area contributed by atoms with E-state index < -0.39 is 22.8 Å². The van der Waals surface area contributed by atoms with E-state index in [4.69, 9.17) is 4.74 Å². The number of nitro benzene ring substituents is 1. The van der Waals surface area contributed by atoms with E-state index >= 15 is 0 Å². The van der Waals surface area contributed by atoms with Crippen LogP contribution in [0, 0.1) is 16.0 Å². The van der Waals surface area contributed by atoms with Gasteiger partial charge in [0.2, 0.25) is 0 Å². The first-order valence-corrected chi connectivity index (χ1v) is 13.2. The zero-order valence-electron chi connectivity index (χ0n) is 21.2. The van der Waals surface area contributed by atoms with Crippen LogP contribution >= 0.6 is 11.8 Å². The maximum absolute atomic E-state index is 12.9. The number of nitro groups is 1. The Labute approximate surface area is 225 Å². The molecule has 0 saturated carbocycles. The fourth-order valence-electron chi connectivity index (χ4n) is 3.19. The number of hydrazone groups is 1. The molecule has 0 heterocycles. The molecule has 3 aromatic rings. The monoisotopic (exact) mass is 534 g/mol. The number of thioether (sulfide) groups is 1. The fourth-order valence-corrected chi connectivity index (χ4v) is 4.21. The Bertz CT molecular complexity index is 1230. The third-order valence-corrected chi connectivity index (χ3v) is 6.32. The van der Waals surface area contributed by atoms with E-state index in [2.05, 4.69) is 29.7 Å². The maximum Gasteiger partial charge on any atom is 0.269 e. The molecule has 198 valence electrons. The third-order valence-electron chi connectivity index (χ3n) is 5.21. The Balaban J connectivity index is 1.62. The molecule has 0 aliphatic rings. The van der Waals surface area contributed by atoms with Crippen molar-refractivity contribution in [3.05, 3.63) is 106 Å². The molecule has 2 N–H and O–H groups in total. The van der Waals surface area contributed by atoms with Gasteiger partial charge in [0, 0.05) is 29.2 Å². The molecule has 0 aliphatic carbocycles. The van der Waals surface area contributed by atoms with Gasteiger partial charge in [-0.3, -0.25) is 19.7 Å². The number of carbonyl (C=O) groups is 2. The maximum atomic E-state index is 12.9. The van der Waals surface area contributed by atoms with Crippen LogP contribution in [0.4, 0.5) is 5.69 Å². The lowest BCUT2D eigenvalue weighted by Crippen LogP contribution is -2.47. The van der Waals surface area contributed by atoms with E-state index in [9.17, 15) is 19.7 Å². The molecular weight excluding hydrogens is 504 g/mol. The number of hydrogen-bond donors (Lipinski definition) is 2. The van der Waals surface area contributed by atoms with Crippen LogP contribution in [0.5, 0.6) is 5.75 Å². The molecule has 0 aliphatic heterocycles. The molecule has 2 amide bonds. The first-order valence-electron chi connectivity index (χ1n) is 12.0. The quantitative estimate of drug-likeness (QED) is 0.184. The second-order valence-corrected chi connectivity index (χ2v) is 9.87. The summed E-state index contributed by atoms with van der Waals surface area (Å²) in [6.45, 7) is 4.77. The lowest BCUT2D eigenvalue weighted by molar-refractivity contribution is -0.384. The molecule has 9 nitrogen and oxygen atoms in total. The van der Waals surface area contributed by atoms with Crippen LogP contribution in [0.15, 0.2) is 84.0 Å². The second-order valence-electron chi connectivity index (χ2n) is 8.84. The molecule has 1 unspecified atom stereocenters. The van der Waals surface area contributed by atoms with Crippen molar-refractivity contribution < 1.29 is 19.2 Å². The first kappa shape index (κ1) is 28.4. The molecule has 0 fully saturated rings. The summed E-state index contributed by atoms with van der Waals surface area (Å²) in [4.78, 5) is 36.1. The highest BCUT2D eigenvalue weighted by Crippen LogP contribution is 2.15. The number of amides is 2. The van der Waals surface area contributed by atoms with Crippen LogP contribution in [-0.2, 0) is 10.5 Å². The summed E-state index contributed by atoms with van der Waals surface area (Å²) < 4.78 is 5.67. The van der Waals surface area contributed by atoms with Crippen LogP contribution < -0.4 is 15.5 Å². The highest BCUT2D eigenvalue weighted by molar-refractivity contribution is 7.98. The minimum absolute atomic E-state index is 0.122. The lowest BCUT2D eigenvalue weighted by Gasteiger charge is -2.17. The average Bonchev–Trinajstić information content (AvgIpc) is 2.92. The number of benzene rings is 3. The van der Waals surface area contributed by atoms with Gasteiger partial charge >= 0.3 is 0 Å². The molecule has 10 heteroatoms. The van der Waals surface area contributed by atoms with Gasteiger partial charge in [-0.2, -0.15) is 16.9 Å². The number of non-ortho nitro benzene ring substituents is 1. The summed E-state index contributed by atoms with van der Waals surface area (Å²) in [5.74, 6) is 1.15. The molecule has 38 heavy (non-hydrogen) atoms. The van der Waals surface area contributed by atoms with E-state index in [0.717, 1.165) is 16.9 Å². The van der Waals surface area contributed by atoms with Crippen LogP contribution in [0.2, 0.25) is 0 Å². The summed E-state index contributed by atoms with van der Waals surface area (Å²) in [5.41, 5.74) is 4.45. The minimum Gasteiger partial charge on any atom is -0.493 e. The Morgan fingerprint density at radius 3 is 2.34 bits per heavy atom. The lowest BCUT2D eigenvalue weighted by atomic mass is 10.2. The molecule has 1 atom stereocenters. The standard InChI is InChI=1S/C28H30N4O5S/c1-20(2)17-37-25-14-8-21(9-15-25)16-29-31-28(34)26(19-38-18-22-6-4-3-5-7-22)30-27(33)23-10-12-24(13-11-23)32(35)36/h3-16,20,26H,17-19H2,1-2H3,(H,30,33)(H,31,34). The minimum atomic E-state index is -0.879. The van der Waals surface area contributed by atoms with Crippen LogP contribution in [-0.4, -0.2) is 41.4 Å². The predicted octanol–water partition coefficient (Wildman–Crippen LogP) is 4.81. The van der Waals surface area contributed by atoms with Crippen molar-refractivity contribution in [1.29, 1.82) is 0 Å². The van der Waals surface area contributed by atoms with Crippen molar-refractivity contribution in [2.75, 3.05) is 12.4 Å². The SMILES string of the molecule is CC(C)COc1ccc(C=NNC(=O)C(CSCc2ccccc2)NC(=O)c2ccc([N+](=O)[O-])cc2)cc1. The van der Waals surface area contributed by atoms with Crippen molar-refractivity contribution in [3.63, 3.8) is 0 Å². The van der Waals surface area contributed by atoms with Crippen molar-refractivity contribution in [3.8, 4) is 5.75 Å². The number of ether oxygens (including phenoxy) is 1. The molecular formula is C28H30N4O5S. The Hall–Kier alpha value is -4.18. The number of rotatable bonds is 13. The normalized spacial score (nSPS) is 11.8. The summed E-state index contributed by atoms with van der Waals surface area (Å²) in [7, 11) is 0. The third kappa shape index (κ3) is 9.36. The van der Waals surface area contributed by atoms with Crippen molar-refractivity contribution >= 4 is 35.5 Å². The van der Waals surface area contributed by atoms with Crippen molar-refractivity contribution in [2.45, 2.75) is 25.6 Å². The van der Waals surface area contributed by atoms with Gasteiger partial charge in [0.1, 0.15) is 11.8 Å². The number of nitrogens with zero attached hydrogens (tertiary/aromatic N) is 2. The molecule has 3 aromatic carbocycles. The van der Waals surface area contributed by atoms with E-state index in [-0.39, 0.29) is 11.3 Å². The van der Waals surface area contributed by atoms with Gasteiger partial charge in [-0.05, 0) is 53.4 Å². The van der Waals surface area contributed by atoms with Gasteiger partial charge < -0.3 is 10.1 Å². The smallest absolute Gasteiger partial charge is 0.269 e. The van der Waals surface area contributed by atoms with Crippen molar-refractivity contribution in [2.24, 2.45) is 11.0 Å². The second kappa shape index (κ2) is 14.5. The highest BCUT2D eigenvalue weighted by atomic mass is 32.2. The van der Waals surface area contributed by atoms with Gasteiger partial charge in [-0.15, -0.1) is 0 Å². The van der Waals surface area contributed by atoms with Gasteiger partial charge in [0.25, 0.3) is 17.5 Å². The van der Waals surface area contributed by atoms with E-state index in [1.54, 1.807) is 0 Å². The number of hydrogen-bond acceptors (Lipinski definition) is 7. The molecule has 3 rings (SSSR count). The molecule has 0 radical (unpaired) electrons. The topological polar surface area (TPSA) is 123 Å². The summed E-state index contributed by atoms with van der Waals surface area (Å²) in [5, 5.41) is 17.6. The van der Waals surface area contributed by atoms with Gasteiger partial charge in [-0.1, -0.05) is 44.2 Å². The molecule has 0 saturated heterocycles. The summed E-state index contributed by atoms with van der Waals surface area (Å²) >= 11 is 1.49. The van der Waals surface area contributed by atoms with Gasteiger partial charge in [0.15, 0.2) is 0 Å². The number of nitrogens with one attached hydrogen (secondary N) is 2. The zero-order chi connectivity index (χ0) is 27.3. The average molecular weight is 535 g/mol. The summed E-state index contributed by atoms with van der Waals surface area (Å²) in [6.07, 6.45) is 1.51. The summed E-state index contributed by atoms with van der Waals surface area (Å²) in [6, 6.07) is 21.4. The Kier molecular flexibility index (Phi) is 10.9. The molecule has 0 spiro atoms. The fraction of sp³-hybridized carbons (Fsp3) is 0.250. The predicted molar refractivity (Wildman–Crippen MR) is 149 cm³/mol. The van der Waals surface area contributed by atoms with E-state index in [1.807, 2.05) is 54.6 Å². The highest BCUT2D eigenvalue weighted by Gasteiger charge is 2.22. The van der Waals surface area contributed by atoms with Crippen LogP contribution in [0.1, 0.15) is 35.3 Å². The van der Waals surface area contributed by atoms with Crippen LogP contribution in [0.25, 0.3) is 0 Å². The van der Waals surface area contributed by atoms with E-state index in [1.165, 1.54) is 42.2 Å². The van der Waals surface area contributed by atoms with Crippen LogP contribution in [0.3, 0.4) is 0 Å². The molecule has 0 aromatic heterocycles. The zero-order valence-corrected chi connectivity index (χ0v) is 22.0.